The average Bonchev–Trinajstić information content (AvgIpc) is 3.82. The summed E-state index contributed by atoms with van der Waals surface area (Å²) in [7, 11) is 0. The molecule has 6 rings (SSSR count). The molecule has 2 atom stereocenters. The number of hydrogen-bond acceptors (Lipinski definition) is 5. The summed E-state index contributed by atoms with van der Waals surface area (Å²) in [6, 6.07) is 7.71. The summed E-state index contributed by atoms with van der Waals surface area (Å²) >= 11 is 1.49. The molecular weight excluding hydrogens is 488 g/mol. The molecule has 3 fully saturated rings. The molecule has 1 aromatic heterocycles. The molecule has 3 aliphatic carbocycles. The fourth-order valence-corrected chi connectivity index (χ4v) is 6.54. The maximum atomic E-state index is 13.3. The van der Waals surface area contributed by atoms with Crippen molar-refractivity contribution in [1.29, 1.82) is 0 Å². The quantitative estimate of drug-likeness (QED) is 0.426. The smallest absolute Gasteiger partial charge is 0.254 e. The molecule has 194 valence electrons. The van der Waals surface area contributed by atoms with Crippen molar-refractivity contribution in [3.63, 3.8) is 0 Å². The van der Waals surface area contributed by atoms with Crippen molar-refractivity contribution in [2.45, 2.75) is 57.3 Å². The summed E-state index contributed by atoms with van der Waals surface area (Å²) < 4.78 is 0. The Labute approximate surface area is 220 Å². The second kappa shape index (κ2) is 9.93. The standard InChI is InChI=1S/C28H32N4O4S/c33-23-12-19(14-29-23)17-2-1-3-20(10-17)31-26(35)18-8-9-22-21(11-18)24(27(36)30-13-15-4-5-15)28(37-22)32-25(34)16-6-7-16/h1-3,10,15-16,18-19H,4-9,11-14H2,(H,29,33)(H,30,36)(H,31,35)(H,32,34). The lowest BCUT2D eigenvalue weighted by atomic mass is 9.85. The zero-order valence-electron chi connectivity index (χ0n) is 20.7. The number of aryl methyl sites for hydroxylation is 1. The molecule has 1 saturated heterocycles. The Kier molecular flexibility index (Phi) is 6.48. The topological polar surface area (TPSA) is 116 Å². The van der Waals surface area contributed by atoms with Crippen LogP contribution in [0.2, 0.25) is 0 Å². The number of carbonyl (C=O) groups excluding carboxylic acids is 4. The third-order valence-corrected chi connectivity index (χ3v) is 9.10. The van der Waals surface area contributed by atoms with E-state index in [2.05, 4.69) is 21.3 Å². The van der Waals surface area contributed by atoms with Gasteiger partial charge in [-0.3, -0.25) is 19.2 Å². The van der Waals surface area contributed by atoms with E-state index < -0.39 is 0 Å². The Morgan fingerprint density at radius 2 is 1.78 bits per heavy atom. The van der Waals surface area contributed by atoms with Gasteiger partial charge in [0.15, 0.2) is 0 Å². The van der Waals surface area contributed by atoms with Gasteiger partial charge in [-0.05, 0) is 74.1 Å². The Morgan fingerprint density at radius 3 is 2.51 bits per heavy atom. The van der Waals surface area contributed by atoms with Crippen LogP contribution in [0.1, 0.15) is 70.8 Å². The lowest BCUT2D eigenvalue weighted by molar-refractivity contribution is -0.120. The van der Waals surface area contributed by atoms with E-state index >= 15 is 0 Å². The number of anilines is 2. The van der Waals surface area contributed by atoms with Gasteiger partial charge >= 0.3 is 0 Å². The van der Waals surface area contributed by atoms with E-state index in [1.165, 1.54) is 11.3 Å². The third kappa shape index (κ3) is 5.42. The molecule has 2 heterocycles. The van der Waals surface area contributed by atoms with Crippen LogP contribution >= 0.6 is 11.3 Å². The number of carbonyl (C=O) groups is 4. The number of hydrogen-bond donors (Lipinski definition) is 4. The second-order valence-electron chi connectivity index (χ2n) is 10.9. The molecule has 2 unspecified atom stereocenters. The molecule has 0 spiro atoms. The number of fused-ring (bicyclic) bond motifs is 1. The van der Waals surface area contributed by atoms with Crippen molar-refractivity contribution in [1.82, 2.24) is 10.6 Å². The van der Waals surface area contributed by atoms with Gasteiger partial charge in [-0.1, -0.05) is 12.1 Å². The van der Waals surface area contributed by atoms with Crippen molar-refractivity contribution < 1.29 is 19.2 Å². The summed E-state index contributed by atoms with van der Waals surface area (Å²) in [6.07, 6.45) is 6.42. The molecule has 37 heavy (non-hydrogen) atoms. The highest BCUT2D eigenvalue weighted by molar-refractivity contribution is 7.17. The van der Waals surface area contributed by atoms with Gasteiger partial charge in [-0.25, -0.2) is 0 Å². The summed E-state index contributed by atoms with van der Waals surface area (Å²) in [4.78, 5) is 51.8. The molecule has 4 aliphatic rings. The highest BCUT2D eigenvalue weighted by Gasteiger charge is 2.35. The van der Waals surface area contributed by atoms with Crippen LogP contribution in [0, 0.1) is 17.8 Å². The first-order valence-corrected chi connectivity index (χ1v) is 14.2. The summed E-state index contributed by atoms with van der Waals surface area (Å²) in [5, 5.41) is 12.6. The molecule has 0 radical (unpaired) electrons. The first-order chi connectivity index (χ1) is 17.9. The van der Waals surface area contributed by atoms with Crippen LogP contribution in [0.15, 0.2) is 24.3 Å². The van der Waals surface area contributed by atoms with Crippen LogP contribution in [0.25, 0.3) is 0 Å². The molecule has 1 aromatic carbocycles. The van der Waals surface area contributed by atoms with Gasteiger partial charge in [0.2, 0.25) is 17.7 Å². The molecule has 2 aromatic rings. The van der Waals surface area contributed by atoms with E-state index in [1.807, 2.05) is 24.3 Å². The van der Waals surface area contributed by atoms with E-state index in [1.54, 1.807) is 0 Å². The van der Waals surface area contributed by atoms with Crippen LogP contribution in [0.3, 0.4) is 0 Å². The van der Waals surface area contributed by atoms with Gasteiger partial charge in [0, 0.05) is 47.8 Å². The maximum absolute atomic E-state index is 13.3. The third-order valence-electron chi connectivity index (χ3n) is 7.90. The minimum Gasteiger partial charge on any atom is -0.355 e. The first kappa shape index (κ1) is 24.2. The van der Waals surface area contributed by atoms with Gasteiger partial charge in [-0.15, -0.1) is 11.3 Å². The minimum atomic E-state index is -0.262. The fraction of sp³-hybridized carbons (Fsp3) is 0.500. The Bertz CT molecular complexity index is 1260. The number of rotatable bonds is 8. The van der Waals surface area contributed by atoms with E-state index in [0.717, 1.165) is 47.4 Å². The molecule has 9 heteroatoms. The summed E-state index contributed by atoms with van der Waals surface area (Å²) in [6.45, 7) is 1.27. The van der Waals surface area contributed by atoms with Crippen LogP contribution in [0.5, 0.6) is 0 Å². The van der Waals surface area contributed by atoms with Crippen LogP contribution in [-0.2, 0) is 27.2 Å². The molecule has 1 aliphatic heterocycles. The van der Waals surface area contributed by atoms with Crippen molar-refractivity contribution in [3.05, 3.63) is 45.8 Å². The van der Waals surface area contributed by atoms with Crippen LogP contribution in [0.4, 0.5) is 10.7 Å². The summed E-state index contributed by atoms with van der Waals surface area (Å²) in [5.41, 5.74) is 3.20. The highest BCUT2D eigenvalue weighted by Crippen LogP contribution is 2.41. The first-order valence-electron chi connectivity index (χ1n) is 13.4. The van der Waals surface area contributed by atoms with Gasteiger partial charge in [0.25, 0.3) is 5.91 Å². The molecule has 8 nitrogen and oxygen atoms in total. The average molecular weight is 521 g/mol. The van der Waals surface area contributed by atoms with Gasteiger partial charge in [0.1, 0.15) is 5.00 Å². The SMILES string of the molecule is O=C1CC(c2cccc(NC(=O)C3CCc4sc(NC(=O)C5CC5)c(C(=O)NCC5CC5)c4C3)c2)CN1. The van der Waals surface area contributed by atoms with E-state index in [9.17, 15) is 19.2 Å². The number of nitrogens with one attached hydrogen (secondary N) is 4. The van der Waals surface area contributed by atoms with Crippen LogP contribution in [-0.4, -0.2) is 36.7 Å². The lowest BCUT2D eigenvalue weighted by Crippen LogP contribution is -2.31. The van der Waals surface area contributed by atoms with E-state index in [0.29, 0.717) is 55.3 Å². The zero-order chi connectivity index (χ0) is 25.5. The van der Waals surface area contributed by atoms with E-state index in [-0.39, 0.29) is 41.4 Å². The molecule has 2 saturated carbocycles. The fourth-order valence-electron chi connectivity index (χ4n) is 5.30. The predicted octanol–water partition coefficient (Wildman–Crippen LogP) is 3.58. The lowest BCUT2D eigenvalue weighted by Gasteiger charge is -2.23. The Hall–Kier alpha value is -3.20. The zero-order valence-corrected chi connectivity index (χ0v) is 21.5. The van der Waals surface area contributed by atoms with Crippen molar-refractivity contribution >= 4 is 45.7 Å². The molecular formula is C28H32N4O4S. The molecule has 0 bridgehead atoms. The van der Waals surface area contributed by atoms with Crippen molar-refractivity contribution in [3.8, 4) is 0 Å². The van der Waals surface area contributed by atoms with Crippen molar-refractivity contribution in [2.75, 3.05) is 23.7 Å². The summed E-state index contributed by atoms with van der Waals surface area (Å²) in [5.74, 6) is 0.285. The molecule has 4 amide bonds. The number of benzene rings is 1. The Morgan fingerprint density at radius 1 is 0.973 bits per heavy atom. The predicted molar refractivity (Wildman–Crippen MR) is 142 cm³/mol. The molecule has 4 N–H and O–H groups in total. The largest absolute Gasteiger partial charge is 0.355 e. The normalized spacial score (nSPS) is 22.6. The van der Waals surface area contributed by atoms with Gasteiger partial charge in [-0.2, -0.15) is 0 Å². The van der Waals surface area contributed by atoms with Crippen molar-refractivity contribution in [2.24, 2.45) is 17.8 Å². The van der Waals surface area contributed by atoms with Crippen LogP contribution < -0.4 is 21.3 Å². The number of thiophene rings is 1. The maximum Gasteiger partial charge on any atom is 0.254 e. The minimum absolute atomic E-state index is 0.0109. The van der Waals surface area contributed by atoms with Gasteiger partial charge in [0.05, 0.1) is 5.56 Å². The monoisotopic (exact) mass is 520 g/mol. The number of amides is 4. The Balaban J connectivity index is 1.18. The van der Waals surface area contributed by atoms with E-state index in [4.69, 9.17) is 0 Å². The second-order valence-corrected chi connectivity index (χ2v) is 12.0. The highest BCUT2D eigenvalue weighted by atomic mass is 32.1. The van der Waals surface area contributed by atoms with Gasteiger partial charge < -0.3 is 21.3 Å².